The lowest BCUT2D eigenvalue weighted by Crippen LogP contribution is -2.56. The Morgan fingerprint density at radius 3 is 0.506 bits per heavy atom. The van der Waals surface area contributed by atoms with Gasteiger partial charge >= 0.3 is 126 Å². The molecule has 33 heteroatoms. The van der Waals surface area contributed by atoms with Crippen LogP contribution in [0.5, 0.6) is 0 Å². The first-order valence-corrected chi connectivity index (χ1v) is 26.0. The van der Waals surface area contributed by atoms with Gasteiger partial charge in [0, 0.05) is 22.3 Å². The number of fused-ring (bicyclic) bond motifs is 4. The summed E-state index contributed by atoms with van der Waals surface area (Å²) in [6.07, 6.45) is 0. The highest BCUT2D eigenvalue weighted by molar-refractivity contribution is 7.14. The molecule has 0 heterocycles. The van der Waals surface area contributed by atoms with Crippen molar-refractivity contribution in [2.24, 2.45) is 0 Å². The third-order valence-corrected chi connectivity index (χ3v) is 8.04. The highest BCUT2D eigenvalue weighted by Crippen LogP contribution is 2.20. The second-order valence-corrected chi connectivity index (χ2v) is 18.6. The fourth-order valence-corrected chi connectivity index (χ4v) is 5.61. The molecule has 0 aromatic heterocycles. The van der Waals surface area contributed by atoms with Gasteiger partial charge in [0.2, 0.25) is 0 Å². The molecule has 18 nitrogen and oxygen atoms in total. The van der Waals surface area contributed by atoms with E-state index < -0.39 is 31.2 Å². The summed E-state index contributed by atoms with van der Waals surface area (Å²) in [5.74, 6) is -4.51. The summed E-state index contributed by atoms with van der Waals surface area (Å²) in [7, 11) is 35.2. The van der Waals surface area contributed by atoms with Crippen molar-refractivity contribution in [3.05, 3.63) is 192 Å². The van der Waals surface area contributed by atoms with Crippen molar-refractivity contribution in [1.82, 2.24) is 29.2 Å². The lowest BCUT2D eigenvalue weighted by molar-refractivity contribution is -0.479. The van der Waals surface area contributed by atoms with Crippen LogP contribution in [0.1, 0.15) is 41.4 Å². The second kappa shape index (κ2) is 52.8. The Labute approximate surface area is 473 Å². The van der Waals surface area contributed by atoms with Crippen LogP contribution >= 0.6 is 126 Å². The monoisotopic (exact) mass is 1290 g/mol. The quantitative estimate of drug-likeness (QED) is 0.115. The lowest BCUT2D eigenvalue weighted by Gasteiger charge is -2.35. The molecular formula is C44H42BN7O11P14. The Kier molecular flexibility index (Phi) is 53.7. The number of carbonyl (C=O) groups excluding carboxylic acids is 4. The molecule has 0 N–H and O–H groups in total. The lowest BCUT2D eigenvalue weighted by atomic mass is 10.1. The van der Waals surface area contributed by atoms with E-state index in [-0.39, 0.29) is 22.3 Å². The average molecular weight is 1290 g/mol. The highest BCUT2D eigenvalue weighted by atomic mass is 31.0. The molecule has 0 fully saturated rings. The first-order chi connectivity index (χ1) is 36.8. The standard InChI is InChI=1S/4C11H8O2.BO3.7H2NP2/c4*12-11(13)10-7-3-5-8-4-1-2-6-9(8)10;2-1(3)4;7*2-1-3/h4*1-7H,(H,12,13);;7*2-3H/q;;;;-3;7*+1/p-4. The van der Waals surface area contributed by atoms with Gasteiger partial charge in [-0.05, 0) is 43.1 Å². The predicted molar refractivity (Wildman–Crippen MR) is 330 cm³/mol. The summed E-state index contributed by atoms with van der Waals surface area (Å²) >= 11 is 0. The van der Waals surface area contributed by atoms with Crippen molar-refractivity contribution in [1.29, 1.82) is 0 Å². The number of aromatic carboxylic acids is 4. The molecule has 77 heavy (non-hydrogen) atoms. The number of benzene rings is 8. The van der Waals surface area contributed by atoms with Crippen molar-refractivity contribution in [3.8, 4) is 0 Å². The van der Waals surface area contributed by atoms with E-state index in [0.717, 1.165) is 43.1 Å². The Morgan fingerprint density at radius 2 is 0.377 bits per heavy atom. The van der Waals surface area contributed by atoms with E-state index in [1.807, 2.05) is 97.1 Å². The maximum Gasteiger partial charge on any atom is 0.346 e. The summed E-state index contributed by atoms with van der Waals surface area (Å²) in [6, 6.07) is 50.0. The normalized spacial score (nSPS) is 7.94. The second-order valence-electron chi connectivity index (χ2n) is 12.3. The van der Waals surface area contributed by atoms with Crippen LogP contribution in [0.3, 0.4) is 0 Å². The molecule has 8 rings (SSSR count). The minimum absolute atomic E-state index is 0.248. The molecule has 8 aromatic carbocycles. The average Bonchev–Trinajstić information content (AvgIpc) is 3.40. The summed E-state index contributed by atoms with van der Waals surface area (Å²) in [4.78, 5) is 42.8. The molecule has 0 amide bonds. The Morgan fingerprint density at radius 1 is 0.260 bits per heavy atom. The Hall–Kier alpha value is -5.21. The summed E-state index contributed by atoms with van der Waals surface area (Å²) in [6.45, 7) is 0. The van der Waals surface area contributed by atoms with Crippen LogP contribution in [0.25, 0.3) is 43.1 Å². The van der Waals surface area contributed by atoms with Gasteiger partial charge in [0.25, 0.3) is 0 Å². The molecule has 0 aliphatic rings. The van der Waals surface area contributed by atoms with Gasteiger partial charge < -0.3 is 54.7 Å². The molecule has 0 saturated carbocycles. The number of carboxylic acid groups (broad SMARTS) is 4. The van der Waals surface area contributed by atoms with E-state index in [9.17, 15) is 39.6 Å². The van der Waals surface area contributed by atoms with Crippen molar-refractivity contribution >= 4 is 201 Å². The fraction of sp³-hybridized carbons (Fsp3) is 0. The van der Waals surface area contributed by atoms with Gasteiger partial charge in [-0.2, -0.15) is 0 Å². The van der Waals surface area contributed by atoms with Gasteiger partial charge in [-0.25, -0.2) is 0 Å². The maximum absolute atomic E-state index is 10.7. The van der Waals surface area contributed by atoms with Crippen molar-refractivity contribution in [2.75, 3.05) is 0 Å². The van der Waals surface area contributed by atoms with Crippen LogP contribution in [-0.4, -0.2) is 31.2 Å². The van der Waals surface area contributed by atoms with Gasteiger partial charge in [-0.3, -0.25) is 7.32 Å². The van der Waals surface area contributed by atoms with E-state index in [1.54, 1.807) is 72.8 Å². The van der Waals surface area contributed by atoms with Crippen molar-refractivity contribution in [2.45, 2.75) is 0 Å². The van der Waals surface area contributed by atoms with Gasteiger partial charge in [0.1, 0.15) is 0 Å². The van der Waals surface area contributed by atoms with E-state index in [4.69, 9.17) is 15.1 Å². The van der Waals surface area contributed by atoms with Gasteiger partial charge in [0.05, 0.1) is 23.9 Å². The van der Waals surface area contributed by atoms with E-state index in [0.29, 0.717) is 0 Å². The maximum atomic E-state index is 10.7. The third-order valence-electron chi connectivity index (χ3n) is 8.04. The van der Waals surface area contributed by atoms with Crippen LogP contribution in [0.2, 0.25) is 0 Å². The molecule has 0 aliphatic carbocycles. The number of rotatable bonds is 4. The molecular weight excluding hydrogens is 1250 g/mol. The minimum atomic E-state index is -2.92. The van der Waals surface area contributed by atoms with Gasteiger partial charge in [-0.15, -0.1) is 0 Å². The number of hydrogen-bond donors (Lipinski definition) is 0. The molecule has 0 saturated heterocycles. The number of hydrogen-bond acceptors (Lipinski definition) is 11. The van der Waals surface area contributed by atoms with E-state index in [1.165, 1.54) is 0 Å². The summed E-state index contributed by atoms with van der Waals surface area (Å²) in [5, 5.41) is 74.7. The Bertz CT molecular complexity index is 2900. The summed E-state index contributed by atoms with van der Waals surface area (Å²) in [5.41, 5.74) is 0.993. The molecule has 392 valence electrons. The third kappa shape index (κ3) is 37.3. The number of nitrogens with zero attached hydrogens (tertiary/aromatic N) is 7. The van der Waals surface area contributed by atoms with Gasteiger partial charge in [0.15, 0.2) is 0 Å². The first-order valence-electron chi connectivity index (χ1n) is 19.8. The topological polar surface area (TPSA) is 328 Å². The van der Waals surface area contributed by atoms with Crippen LogP contribution in [0, 0.1) is 0 Å². The van der Waals surface area contributed by atoms with Gasteiger partial charge in [-0.1, -0.05) is 199 Å². The van der Waals surface area contributed by atoms with E-state index >= 15 is 0 Å². The first kappa shape index (κ1) is 78.3. The Balaban J connectivity index is -0.000000403. The molecule has 0 radical (unpaired) electrons. The number of carbonyl (C=O) groups is 4. The van der Waals surface area contributed by atoms with Crippen molar-refractivity contribution in [3.63, 3.8) is 0 Å². The fourth-order valence-electron chi connectivity index (χ4n) is 5.61. The molecule has 0 bridgehead atoms. The summed E-state index contributed by atoms with van der Waals surface area (Å²) < 4.78 is 21.8. The zero-order chi connectivity index (χ0) is 59.6. The van der Waals surface area contributed by atoms with Crippen LogP contribution in [0.15, 0.2) is 170 Å². The number of carboxylic acids is 4. The van der Waals surface area contributed by atoms with Crippen LogP contribution in [-0.2, 0) is 0 Å². The molecule has 0 unspecified atom stereocenters. The molecule has 0 aliphatic heterocycles. The van der Waals surface area contributed by atoms with Crippen LogP contribution in [0.4, 0.5) is 0 Å². The largest absolute Gasteiger partial charge is 0.907 e. The predicted octanol–water partition coefficient (Wildman–Crippen LogP) is 5.81. The van der Waals surface area contributed by atoms with Crippen molar-refractivity contribution < 1.29 is 54.7 Å². The highest BCUT2D eigenvalue weighted by Gasteiger charge is 2.02. The van der Waals surface area contributed by atoms with Crippen LogP contribution < -0.4 is 64.7 Å². The molecule has 0 spiro atoms. The molecule has 0 atom stereocenters. The minimum Gasteiger partial charge on any atom is -0.907 e. The molecule has 8 aromatic rings. The SMILES string of the molecule is O=C([O-])c1cccc2ccccc12.O=C([O-])c1cccc2ccccc12.O=C([O-])c1cccc2ccccc12.O=C([O-])c1cccc2ccccc12.P=[N+]=P.P=[N+]=P.P=[N+]=P.P=[N+]=P.P=[N+]=P.P=[N+]=P.P=[N+]=P.[O-]B([O-])[O-]. The van der Waals surface area contributed by atoms with E-state index in [2.05, 4.69) is 156 Å². The smallest absolute Gasteiger partial charge is 0.346 e. The zero-order valence-corrected chi connectivity index (χ0v) is 53.4. The zero-order valence-electron chi connectivity index (χ0n) is 39.4.